The Morgan fingerprint density at radius 2 is 1.73 bits per heavy atom. The van der Waals surface area contributed by atoms with Gasteiger partial charge in [0, 0.05) is 37.0 Å². The zero-order valence-corrected chi connectivity index (χ0v) is 14.5. The Morgan fingerprint density at radius 1 is 1.14 bits per heavy atom. The lowest BCUT2D eigenvalue weighted by Gasteiger charge is -2.17. The number of carbonyl (C=O) groups excluding carboxylic acids is 4. The number of nitrogens with two attached hydrogens (primary N) is 1. The van der Waals surface area contributed by atoms with Gasteiger partial charge in [0.25, 0.3) is 0 Å². The van der Waals surface area contributed by atoms with Crippen LogP contribution in [0.5, 0.6) is 0 Å². The van der Waals surface area contributed by atoms with Gasteiger partial charge in [-0.05, 0) is 6.92 Å². The molecule has 0 rings (SSSR count). The Balaban J connectivity index is 4.22. The Kier molecular flexibility index (Phi) is 9.01. The molecule has 0 aliphatic heterocycles. The van der Waals surface area contributed by atoms with Crippen molar-refractivity contribution in [2.75, 3.05) is 12.3 Å². The lowest BCUT2D eigenvalue weighted by atomic mass is 9.89. The fraction of sp³-hybridized carbons (Fsp3) is 0.733. The van der Waals surface area contributed by atoms with Crippen molar-refractivity contribution < 1.29 is 19.2 Å². The van der Waals surface area contributed by atoms with Gasteiger partial charge in [-0.25, -0.2) is 0 Å². The van der Waals surface area contributed by atoms with Crippen LogP contribution in [0.4, 0.5) is 0 Å². The average molecular weight is 330 g/mol. The average Bonchev–Trinajstić information content (AvgIpc) is 2.35. The number of rotatable bonds is 10. The van der Waals surface area contributed by atoms with Crippen LogP contribution in [-0.2, 0) is 19.2 Å². The van der Waals surface area contributed by atoms with Gasteiger partial charge >= 0.3 is 0 Å². The van der Waals surface area contributed by atoms with Gasteiger partial charge in [0.2, 0.25) is 11.8 Å². The maximum absolute atomic E-state index is 11.8. The fourth-order valence-electron chi connectivity index (χ4n) is 1.53. The summed E-state index contributed by atoms with van der Waals surface area (Å²) in [5.74, 6) is -0.352. The maximum atomic E-state index is 11.8. The summed E-state index contributed by atoms with van der Waals surface area (Å²) in [6.07, 6.45) is 0.561. The van der Waals surface area contributed by atoms with E-state index in [1.807, 2.05) is 20.8 Å². The van der Waals surface area contributed by atoms with Gasteiger partial charge in [-0.3, -0.25) is 19.2 Å². The number of primary amides is 1. The highest BCUT2D eigenvalue weighted by Gasteiger charge is 2.23. The molecule has 6 nitrogen and oxygen atoms in total. The number of thioether (sulfide) groups is 1. The van der Waals surface area contributed by atoms with E-state index in [0.717, 1.165) is 0 Å². The molecule has 0 aliphatic rings. The normalized spacial score (nSPS) is 12.5. The predicted molar refractivity (Wildman–Crippen MR) is 87.4 cm³/mol. The Bertz CT molecular complexity index is 430. The molecule has 0 heterocycles. The predicted octanol–water partition coefficient (Wildman–Crippen LogP) is 1.06. The first-order chi connectivity index (χ1) is 10.0. The van der Waals surface area contributed by atoms with Crippen molar-refractivity contribution >= 4 is 35.1 Å². The molecule has 22 heavy (non-hydrogen) atoms. The first-order valence-corrected chi connectivity index (χ1v) is 8.29. The minimum atomic E-state index is -0.662. The first kappa shape index (κ1) is 20.6. The first-order valence-electron chi connectivity index (χ1n) is 7.24. The third-order valence-corrected chi connectivity index (χ3v) is 4.21. The van der Waals surface area contributed by atoms with Crippen molar-refractivity contribution in [1.82, 2.24) is 5.32 Å². The van der Waals surface area contributed by atoms with Crippen molar-refractivity contribution in [3.63, 3.8) is 0 Å². The van der Waals surface area contributed by atoms with Crippen LogP contribution in [0.2, 0.25) is 0 Å². The number of carbonyl (C=O) groups is 4. The number of nitrogens with one attached hydrogen (secondary N) is 1. The van der Waals surface area contributed by atoms with Crippen LogP contribution < -0.4 is 11.1 Å². The minimum absolute atomic E-state index is 0.0122. The van der Waals surface area contributed by atoms with Gasteiger partial charge in [0.15, 0.2) is 0 Å². The second-order valence-electron chi connectivity index (χ2n) is 6.19. The van der Waals surface area contributed by atoms with E-state index in [0.29, 0.717) is 12.2 Å². The summed E-state index contributed by atoms with van der Waals surface area (Å²) in [6.45, 7) is 7.23. The molecule has 1 unspecified atom stereocenters. The molecule has 0 saturated carbocycles. The second kappa shape index (κ2) is 9.61. The topological polar surface area (TPSA) is 106 Å². The Hall–Kier alpha value is -1.37. The summed E-state index contributed by atoms with van der Waals surface area (Å²) in [5, 5.41) is 1.91. The van der Waals surface area contributed by atoms with Gasteiger partial charge in [-0.15, -0.1) is 11.8 Å². The van der Waals surface area contributed by atoms with E-state index in [-0.39, 0.29) is 36.9 Å². The summed E-state index contributed by atoms with van der Waals surface area (Å²) in [7, 11) is 0. The summed E-state index contributed by atoms with van der Waals surface area (Å²) < 4.78 is 0. The molecule has 1 atom stereocenters. The summed E-state index contributed by atoms with van der Waals surface area (Å²) in [6, 6.07) is 0. The summed E-state index contributed by atoms with van der Waals surface area (Å²) in [5.41, 5.74) is 4.88. The molecule has 2 amide bonds. The highest BCUT2D eigenvalue weighted by Crippen LogP contribution is 2.21. The standard InChI is InChI=1S/C15H26N2O4S/c1-10(18)5-7-17-13(20)9-11(14(16)21)22-8-6-12(19)15(2,3)4/h11H,5-9H2,1-4H3,(H2,16,21)(H,17,20). The van der Waals surface area contributed by atoms with E-state index < -0.39 is 16.6 Å². The molecule has 3 N–H and O–H groups in total. The van der Waals surface area contributed by atoms with Crippen LogP contribution in [0.25, 0.3) is 0 Å². The van der Waals surface area contributed by atoms with E-state index in [4.69, 9.17) is 5.73 Å². The molecule has 0 aromatic carbocycles. The molecule has 126 valence electrons. The molecule has 0 spiro atoms. The molecule has 0 aromatic rings. The quantitative estimate of drug-likeness (QED) is 0.623. The van der Waals surface area contributed by atoms with Crippen LogP contribution in [0.3, 0.4) is 0 Å². The lowest BCUT2D eigenvalue weighted by Crippen LogP contribution is -2.34. The van der Waals surface area contributed by atoms with Crippen LogP contribution in [-0.4, -0.2) is 40.9 Å². The molecule has 0 bridgehead atoms. The molecular weight excluding hydrogens is 304 g/mol. The number of Topliss-reactive ketones (excluding diaryl/α,β-unsaturated/α-hetero) is 2. The highest BCUT2D eigenvalue weighted by atomic mass is 32.2. The van der Waals surface area contributed by atoms with Crippen LogP contribution in [0, 0.1) is 5.41 Å². The smallest absolute Gasteiger partial charge is 0.231 e. The van der Waals surface area contributed by atoms with E-state index >= 15 is 0 Å². The van der Waals surface area contributed by atoms with Gasteiger partial charge in [-0.1, -0.05) is 20.8 Å². The zero-order valence-electron chi connectivity index (χ0n) is 13.7. The monoisotopic (exact) mass is 330 g/mol. The fourth-order valence-corrected chi connectivity index (χ4v) is 2.55. The number of hydrogen-bond donors (Lipinski definition) is 2. The molecule has 0 aromatic heterocycles. The largest absolute Gasteiger partial charge is 0.369 e. The van der Waals surface area contributed by atoms with Crippen LogP contribution in [0.1, 0.15) is 47.0 Å². The third kappa shape index (κ3) is 9.55. The molecule has 0 aliphatic carbocycles. The SMILES string of the molecule is CC(=O)CCNC(=O)CC(SCCC(=O)C(C)(C)C)C(N)=O. The number of ketones is 2. The van der Waals surface area contributed by atoms with Crippen LogP contribution >= 0.6 is 11.8 Å². The lowest BCUT2D eigenvalue weighted by molar-refractivity contribution is -0.126. The van der Waals surface area contributed by atoms with Crippen LogP contribution in [0.15, 0.2) is 0 Å². The third-order valence-electron chi connectivity index (χ3n) is 2.97. The Labute approximate surface area is 136 Å². The van der Waals surface area contributed by atoms with E-state index in [9.17, 15) is 19.2 Å². The highest BCUT2D eigenvalue weighted by molar-refractivity contribution is 8.00. The van der Waals surface area contributed by atoms with Gasteiger partial charge in [0.1, 0.15) is 11.6 Å². The Morgan fingerprint density at radius 3 is 2.18 bits per heavy atom. The van der Waals surface area contributed by atoms with Crippen molar-refractivity contribution in [2.45, 2.75) is 52.2 Å². The van der Waals surface area contributed by atoms with Gasteiger partial charge in [0.05, 0.1) is 5.25 Å². The number of amides is 2. The molecule has 0 radical (unpaired) electrons. The second-order valence-corrected chi connectivity index (χ2v) is 7.50. The van der Waals surface area contributed by atoms with Crippen molar-refractivity contribution in [2.24, 2.45) is 11.1 Å². The molecular formula is C15H26N2O4S. The van der Waals surface area contributed by atoms with Crippen molar-refractivity contribution in [1.29, 1.82) is 0 Å². The van der Waals surface area contributed by atoms with Gasteiger partial charge < -0.3 is 11.1 Å². The molecule has 7 heteroatoms. The van der Waals surface area contributed by atoms with Crippen molar-refractivity contribution in [3.8, 4) is 0 Å². The summed E-state index contributed by atoms with van der Waals surface area (Å²) in [4.78, 5) is 45.6. The van der Waals surface area contributed by atoms with E-state index in [2.05, 4.69) is 5.32 Å². The van der Waals surface area contributed by atoms with E-state index in [1.54, 1.807) is 0 Å². The molecule has 0 fully saturated rings. The van der Waals surface area contributed by atoms with Crippen molar-refractivity contribution in [3.05, 3.63) is 0 Å². The van der Waals surface area contributed by atoms with E-state index in [1.165, 1.54) is 18.7 Å². The maximum Gasteiger partial charge on any atom is 0.231 e. The minimum Gasteiger partial charge on any atom is -0.369 e. The zero-order chi connectivity index (χ0) is 17.3. The molecule has 0 saturated heterocycles. The summed E-state index contributed by atoms with van der Waals surface area (Å²) >= 11 is 1.22. The van der Waals surface area contributed by atoms with Gasteiger partial charge in [-0.2, -0.15) is 0 Å². The number of hydrogen-bond acceptors (Lipinski definition) is 5.